The van der Waals surface area contributed by atoms with E-state index in [9.17, 15) is 10.1 Å². The molecule has 0 bridgehead atoms. The number of aryl methyl sites for hydroxylation is 1. The molecule has 0 heterocycles. The van der Waals surface area contributed by atoms with Crippen LogP contribution in [0.1, 0.15) is 16.7 Å². The minimum Gasteiger partial charge on any atom is -0.497 e. The molecule has 24 heavy (non-hydrogen) atoms. The molecule has 0 spiro atoms. The number of hydrogen-bond donors (Lipinski definition) is 1. The Kier molecular flexibility index (Phi) is 6.14. The quantitative estimate of drug-likeness (QED) is 0.457. The molecule has 0 atom stereocenters. The average Bonchev–Trinajstić information content (AvgIpc) is 2.58. The van der Waals surface area contributed by atoms with Gasteiger partial charge in [-0.3, -0.25) is 10.1 Å². The zero-order valence-corrected chi connectivity index (χ0v) is 14.2. The summed E-state index contributed by atoms with van der Waals surface area (Å²) in [6.07, 6.45) is 0.772. The first-order valence-corrected chi connectivity index (χ1v) is 7.70. The second-order valence-electron chi connectivity index (χ2n) is 5.54. The highest BCUT2D eigenvalue weighted by Crippen LogP contribution is 2.24. The van der Waals surface area contributed by atoms with Crippen LogP contribution in [0.5, 0.6) is 11.5 Å². The van der Waals surface area contributed by atoms with Crippen molar-refractivity contribution in [3.05, 3.63) is 63.2 Å². The van der Waals surface area contributed by atoms with Gasteiger partial charge in [0.1, 0.15) is 11.5 Å². The van der Waals surface area contributed by atoms with E-state index in [1.807, 2.05) is 31.2 Å². The molecule has 128 valence electrons. The highest BCUT2D eigenvalue weighted by molar-refractivity contribution is 5.41. The van der Waals surface area contributed by atoms with Crippen molar-refractivity contribution in [1.82, 2.24) is 5.32 Å². The number of rotatable bonds is 8. The molecule has 0 saturated carbocycles. The molecular formula is C18H22N2O4. The van der Waals surface area contributed by atoms with Gasteiger partial charge in [-0.25, -0.2) is 0 Å². The third-order valence-electron chi connectivity index (χ3n) is 3.72. The van der Waals surface area contributed by atoms with E-state index >= 15 is 0 Å². The summed E-state index contributed by atoms with van der Waals surface area (Å²) in [5.74, 6) is 1.61. The molecule has 0 radical (unpaired) electrons. The summed E-state index contributed by atoms with van der Waals surface area (Å²) in [4.78, 5) is 10.5. The summed E-state index contributed by atoms with van der Waals surface area (Å²) < 4.78 is 10.6. The highest BCUT2D eigenvalue weighted by Gasteiger charge is 2.08. The Hall–Kier alpha value is -2.60. The lowest BCUT2D eigenvalue weighted by atomic mass is 10.1. The molecule has 0 fully saturated rings. The van der Waals surface area contributed by atoms with Crippen LogP contribution in [0.15, 0.2) is 36.4 Å². The zero-order valence-electron chi connectivity index (χ0n) is 14.2. The lowest BCUT2D eigenvalue weighted by Crippen LogP contribution is -2.17. The second-order valence-corrected chi connectivity index (χ2v) is 5.54. The van der Waals surface area contributed by atoms with E-state index in [1.54, 1.807) is 26.4 Å². The van der Waals surface area contributed by atoms with Crippen LogP contribution < -0.4 is 14.8 Å². The summed E-state index contributed by atoms with van der Waals surface area (Å²) in [6, 6.07) is 10.8. The summed E-state index contributed by atoms with van der Waals surface area (Å²) in [5.41, 5.74) is 2.97. The summed E-state index contributed by atoms with van der Waals surface area (Å²) in [5, 5.41) is 14.2. The number of nitro groups is 1. The van der Waals surface area contributed by atoms with E-state index in [0.29, 0.717) is 6.54 Å². The van der Waals surface area contributed by atoms with Gasteiger partial charge in [-0.05, 0) is 54.8 Å². The minimum absolute atomic E-state index is 0.126. The van der Waals surface area contributed by atoms with Crippen LogP contribution in [0.2, 0.25) is 0 Å². The van der Waals surface area contributed by atoms with Crippen molar-refractivity contribution >= 4 is 5.69 Å². The van der Waals surface area contributed by atoms with Gasteiger partial charge >= 0.3 is 0 Å². The standard InChI is InChI=1S/C18H22N2O4/c1-13-8-14(10-16(9-13)20(21)22)12-19-7-6-15-11-17(23-2)4-5-18(15)24-3/h4-5,8-11,19H,6-7,12H2,1-3H3. The van der Waals surface area contributed by atoms with Crippen LogP contribution in [0.25, 0.3) is 0 Å². The fourth-order valence-corrected chi connectivity index (χ4v) is 2.58. The van der Waals surface area contributed by atoms with Crippen LogP contribution >= 0.6 is 0 Å². The van der Waals surface area contributed by atoms with Crippen molar-refractivity contribution in [2.24, 2.45) is 0 Å². The first-order valence-electron chi connectivity index (χ1n) is 7.70. The molecule has 1 N–H and O–H groups in total. The van der Waals surface area contributed by atoms with Crippen LogP contribution in [0, 0.1) is 17.0 Å². The first-order chi connectivity index (χ1) is 11.5. The normalized spacial score (nSPS) is 10.5. The number of ether oxygens (including phenoxy) is 2. The van der Waals surface area contributed by atoms with Gasteiger partial charge in [-0.15, -0.1) is 0 Å². The number of benzene rings is 2. The molecule has 0 aliphatic heterocycles. The predicted octanol–water partition coefficient (Wildman–Crippen LogP) is 3.25. The number of nitrogens with one attached hydrogen (secondary N) is 1. The molecule has 2 aromatic rings. The van der Waals surface area contributed by atoms with Crippen LogP contribution in [0.3, 0.4) is 0 Å². The Labute approximate surface area is 141 Å². The lowest BCUT2D eigenvalue weighted by Gasteiger charge is -2.11. The molecule has 0 aliphatic carbocycles. The van der Waals surface area contributed by atoms with E-state index in [2.05, 4.69) is 5.32 Å². The number of nitrogens with zero attached hydrogens (tertiary/aromatic N) is 1. The van der Waals surface area contributed by atoms with Crippen molar-refractivity contribution in [2.75, 3.05) is 20.8 Å². The predicted molar refractivity (Wildman–Crippen MR) is 92.8 cm³/mol. The maximum absolute atomic E-state index is 10.9. The molecular weight excluding hydrogens is 308 g/mol. The van der Waals surface area contributed by atoms with Crippen molar-refractivity contribution in [2.45, 2.75) is 19.9 Å². The van der Waals surface area contributed by atoms with Gasteiger partial charge in [0.15, 0.2) is 0 Å². The molecule has 6 heteroatoms. The van der Waals surface area contributed by atoms with Gasteiger partial charge in [0.05, 0.1) is 19.1 Å². The minimum atomic E-state index is -0.363. The molecule has 0 aliphatic rings. The molecule has 6 nitrogen and oxygen atoms in total. The average molecular weight is 330 g/mol. The highest BCUT2D eigenvalue weighted by atomic mass is 16.6. The molecule has 0 unspecified atom stereocenters. The number of nitro benzene ring substituents is 1. The number of hydrogen-bond acceptors (Lipinski definition) is 5. The number of non-ortho nitro benzene ring substituents is 1. The summed E-state index contributed by atoms with van der Waals surface area (Å²) in [7, 11) is 3.28. The zero-order chi connectivity index (χ0) is 17.5. The Morgan fingerprint density at radius 1 is 1.12 bits per heavy atom. The van der Waals surface area contributed by atoms with E-state index < -0.39 is 0 Å². The second kappa shape index (κ2) is 8.31. The largest absolute Gasteiger partial charge is 0.497 e. The van der Waals surface area contributed by atoms with Crippen LogP contribution in [-0.2, 0) is 13.0 Å². The molecule has 0 aromatic heterocycles. The molecule has 2 aromatic carbocycles. The topological polar surface area (TPSA) is 73.6 Å². The van der Waals surface area contributed by atoms with Crippen molar-refractivity contribution in [3.63, 3.8) is 0 Å². The molecule has 0 saturated heterocycles. The van der Waals surface area contributed by atoms with Gasteiger partial charge in [0, 0.05) is 18.7 Å². The van der Waals surface area contributed by atoms with E-state index in [-0.39, 0.29) is 10.6 Å². The lowest BCUT2D eigenvalue weighted by molar-refractivity contribution is -0.385. The maximum atomic E-state index is 10.9. The Balaban J connectivity index is 1.95. The van der Waals surface area contributed by atoms with Gasteiger partial charge in [-0.2, -0.15) is 0 Å². The third-order valence-corrected chi connectivity index (χ3v) is 3.72. The maximum Gasteiger partial charge on any atom is 0.270 e. The van der Waals surface area contributed by atoms with Crippen molar-refractivity contribution in [3.8, 4) is 11.5 Å². The van der Waals surface area contributed by atoms with E-state index in [4.69, 9.17) is 9.47 Å². The Morgan fingerprint density at radius 3 is 2.58 bits per heavy atom. The van der Waals surface area contributed by atoms with Crippen LogP contribution in [0.4, 0.5) is 5.69 Å². The van der Waals surface area contributed by atoms with Gasteiger partial charge < -0.3 is 14.8 Å². The first kappa shape index (κ1) is 17.7. The van der Waals surface area contributed by atoms with E-state index in [1.165, 1.54) is 0 Å². The van der Waals surface area contributed by atoms with Gasteiger partial charge in [0.2, 0.25) is 0 Å². The SMILES string of the molecule is COc1ccc(OC)c(CCNCc2cc(C)cc([N+](=O)[O-])c2)c1. The summed E-state index contributed by atoms with van der Waals surface area (Å²) in [6.45, 7) is 3.16. The van der Waals surface area contributed by atoms with E-state index in [0.717, 1.165) is 41.2 Å². The molecule has 2 rings (SSSR count). The Morgan fingerprint density at radius 2 is 1.92 bits per heavy atom. The van der Waals surface area contributed by atoms with Gasteiger partial charge in [0.25, 0.3) is 5.69 Å². The van der Waals surface area contributed by atoms with Crippen molar-refractivity contribution < 1.29 is 14.4 Å². The van der Waals surface area contributed by atoms with Crippen molar-refractivity contribution in [1.29, 1.82) is 0 Å². The van der Waals surface area contributed by atoms with Gasteiger partial charge in [-0.1, -0.05) is 6.07 Å². The third kappa shape index (κ3) is 4.70. The Bertz CT molecular complexity index is 716. The number of methoxy groups -OCH3 is 2. The smallest absolute Gasteiger partial charge is 0.270 e. The fourth-order valence-electron chi connectivity index (χ4n) is 2.58. The summed E-state index contributed by atoms with van der Waals surface area (Å²) >= 11 is 0. The monoisotopic (exact) mass is 330 g/mol. The van der Waals surface area contributed by atoms with Crippen LogP contribution in [-0.4, -0.2) is 25.7 Å². The fraction of sp³-hybridized carbons (Fsp3) is 0.333. The molecule has 0 amide bonds.